The van der Waals surface area contributed by atoms with E-state index in [0.29, 0.717) is 18.4 Å². The Labute approximate surface area is 122 Å². The Morgan fingerprint density at radius 3 is 2.95 bits per heavy atom. The average Bonchev–Trinajstić information content (AvgIpc) is 3.02. The highest BCUT2D eigenvalue weighted by Crippen LogP contribution is 2.32. The fraction of sp³-hybridized carbons (Fsp3) is 0.571. The molecule has 2 aromatic heterocycles. The van der Waals surface area contributed by atoms with E-state index in [1.165, 1.54) is 0 Å². The van der Waals surface area contributed by atoms with Crippen LogP contribution < -0.4 is 4.74 Å². The van der Waals surface area contributed by atoms with Crippen molar-refractivity contribution >= 4 is 22.8 Å². The Kier molecular flexibility index (Phi) is 3.56. The number of fused-ring (bicyclic) bond motifs is 1. The SMILES string of the molecule is COc1ccc2nc(CCCl)n(C3(C)CCOC3)c2n1. The molecule has 1 aliphatic rings. The summed E-state index contributed by atoms with van der Waals surface area (Å²) in [5.74, 6) is 2.10. The fourth-order valence-electron chi connectivity index (χ4n) is 2.75. The zero-order valence-electron chi connectivity index (χ0n) is 11.7. The van der Waals surface area contributed by atoms with Gasteiger partial charge in [-0.15, -0.1) is 11.6 Å². The van der Waals surface area contributed by atoms with Gasteiger partial charge in [0.1, 0.15) is 11.3 Å². The molecule has 0 saturated carbocycles. The standard InChI is InChI=1S/C14H18ClN3O2/c1-14(6-8-20-9-14)18-11(5-7-15)16-10-3-4-12(19-2)17-13(10)18/h3-4H,5-9H2,1-2H3. The molecule has 0 bridgehead atoms. The minimum atomic E-state index is -0.116. The highest BCUT2D eigenvalue weighted by Gasteiger charge is 2.35. The van der Waals surface area contributed by atoms with Crippen LogP contribution in [0.1, 0.15) is 19.2 Å². The number of nitrogens with zero attached hydrogens (tertiary/aromatic N) is 3. The molecule has 3 heterocycles. The lowest BCUT2D eigenvalue weighted by molar-refractivity contribution is 0.161. The van der Waals surface area contributed by atoms with Gasteiger partial charge in [-0.25, -0.2) is 4.98 Å². The molecule has 0 amide bonds. The molecule has 1 saturated heterocycles. The van der Waals surface area contributed by atoms with Crippen LogP contribution in [0.3, 0.4) is 0 Å². The lowest BCUT2D eigenvalue weighted by atomic mass is 10.0. The second-order valence-electron chi connectivity index (χ2n) is 5.30. The molecular formula is C14H18ClN3O2. The predicted octanol–water partition coefficient (Wildman–Crippen LogP) is 2.36. The van der Waals surface area contributed by atoms with E-state index in [-0.39, 0.29) is 5.54 Å². The first-order valence-corrected chi connectivity index (χ1v) is 7.28. The van der Waals surface area contributed by atoms with Gasteiger partial charge in [0, 0.05) is 25.0 Å². The van der Waals surface area contributed by atoms with Gasteiger partial charge in [0.15, 0.2) is 5.65 Å². The van der Waals surface area contributed by atoms with Crippen LogP contribution in [0.2, 0.25) is 0 Å². The zero-order valence-corrected chi connectivity index (χ0v) is 12.5. The quantitative estimate of drug-likeness (QED) is 0.813. The first kappa shape index (κ1) is 13.6. The molecule has 1 fully saturated rings. The number of hydrogen-bond donors (Lipinski definition) is 0. The maximum absolute atomic E-state index is 5.92. The number of methoxy groups -OCH3 is 1. The summed E-state index contributed by atoms with van der Waals surface area (Å²) >= 11 is 5.92. The maximum atomic E-state index is 5.92. The summed E-state index contributed by atoms with van der Waals surface area (Å²) in [5.41, 5.74) is 1.60. The molecule has 5 nitrogen and oxygen atoms in total. The number of imidazole rings is 1. The average molecular weight is 296 g/mol. The van der Waals surface area contributed by atoms with Crippen LogP contribution in [-0.2, 0) is 16.7 Å². The maximum Gasteiger partial charge on any atom is 0.215 e. The number of aryl methyl sites for hydroxylation is 1. The van der Waals surface area contributed by atoms with Crippen LogP contribution >= 0.6 is 11.6 Å². The van der Waals surface area contributed by atoms with Crippen LogP contribution in [0.15, 0.2) is 12.1 Å². The van der Waals surface area contributed by atoms with Crippen LogP contribution in [0.25, 0.3) is 11.2 Å². The third-order valence-corrected chi connectivity index (χ3v) is 4.00. The van der Waals surface area contributed by atoms with Crippen molar-refractivity contribution in [2.24, 2.45) is 0 Å². The normalized spacial score (nSPS) is 22.6. The minimum absolute atomic E-state index is 0.116. The summed E-state index contributed by atoms with van der Waals surface area (Å²) in [6, 6.07) is 3.77. The third-order valence-electron chi connectivity index (χ3n) is 3.81. The summed E-state index contributed by atoms with van der Waals surface area (Å²) in [5, 5.41) is 0. The van der Waals surface area contributed by atoms with Crippen LogP contribution in [0.5, 0.6) is 5.88 Å². The summed E-state index contributed by atoms with van der Waals surface area (Å²) in [6.07, 6.45) is 1.67. The summed E-state index contributed by atoms with van der Waals surface area (Å²) in [6.45, 7) is 3.62. The van der Waals surface area contributed by atoms with Crippen LogP contribution in [0, 0.1) is 0 Å². The molecule has 6 heteroatoms. The molecule has 3 rings (SSSR count). The molecule has 20 heavy (non-hydrogen) atoms. The Morgan fingerprint density at radius 1 is 1.45 bits per heavy atom. The largest absolute Gasteiger partial charge is 0.481 e. The Balaban J connectivity index is 2.21. The van der Waals surface area contributed by atoms with E-state index in [9.17, 15) is 0 Å². The molecule has 0 spiro atoms. The van der Waals surface area contributed by atoms with Crippen LogP contribution in [-0.4, -0.2) is 40.7 Å². The molecule has 1 unspecified atom stereocenters. The highest BCUT2D eigenvalue weighted by atomic mass is 35.5. The molecule has 0 radical (unpaired) electrons. The number of alkyl halides is 1. The minimum Gasteiger partial charge on any atom is -0.481 e. The molecule has 108 valence electrons. The zero-order chi connectivity index (χ0) is 14.2. The van der Waals surface area contributed by atoms with Crippen molar-refractivity contribution in [2.45, 2.75) is 25.3 Å². The second-order valence-corrected chi connectivity index (χ2v) is 5.68. The van der Waals surface area contributed by atoms with E-state index < -0.39 is 0 Å². The summed E-state index contributed by atoms with van der Waals surface area (Å²) in [7, 11) is 1.62. The van der Waals surface area contributed by atoms with E-state index in [1.54, 1.807) is 7.11 Å². The topological polar surface area (TPSA) is 49.2 Å². The van der Waals surface area contributed by atoms with Crippen molar-refractivity contribution in [3.63, 3.8) is 0 Å². The van der Waals surface area contributed by atoms with Crippen molar-refractivity contribution in [2.75, 3.05) is 26.2 Å². The molecule has 1 aliphatic heterocycles. The van der Waals surface area contributed by atoms with Crippen molar-refractivity contribution < 1.29 is 9.47 Å². The van der Waals surface area contributed by atoms with Gasteiger partial charge in [-0.1, -0.05) is 0 Å². The van der Waals surface area contributed by atoms with Crippen molar-refractivity contribution in [3.8, 4) is 5.88 Å². The number of aromatic nitrogens is 3. The highest BCUT2D eigenvalue weighted by molar-refractivity contribution is 6.17. The summed E-state index contributed by atoms with van der Waals surface area (Å²) < 4.78 is 13.0. The number of halogens is 1. The van der Waals surface area contributed by atoms with Crippen molar-refractivity contribution in [3.05, 3.63) is 18.0 Å². The van der Waals surface area contributed by atoms with Crippen molar-refractivity contribution in [1.82, 2.24) is 14.5 Å². The van der Waals surface area contributed by atoms with E-state index >= 15 is 0 Å². The molecule has 0 aliphatic carbocycles. The fourth-order valence-corrected chi connectivity index (χ4v) is 2.92. The first-order valence-electron chi connectivity index (χ1n) is 6.74. The van der Waals surface area contributed by atoms with Gasteiger partial charge in [-0.3, -0.25) is 0 Å². The van der Waals surface area contributed by atoms with Crippen LogP contribution in [0.4, 0.5) is 0 Å². The first-order chi connectivity index (χ1) is 9.68. The van der Waals surface area contributed by atoms with Gasteiger partial charge in [-0.05, 0) is 19.4 Å². The Hall–Kier alpha value is -1.33. The second kappa shape index (κ2) is 5.22. The number of pyridine rings is 1. The molecule has 0 N–H and O–H groups in total. The number of hydrogen-bond acceptors (Lipinski definition) is 4. The molecule has 2 aromatic rings. The van der Waals surface area contributed by atoms with E-state index in [4.69, 9.17) is 21.1 Å². The van der Waals surface area contributed by atoms with Crippen molar-refractivity contribution in [1.29, 1.82) is 0 Å². The van der Waals surface area contributed by atoms with E-state index in [0.717, 1.165) is 36.4 Å². The van der Waals surface area contributed by atoms with Gasteiger partial charge in [-0.2, -0.15) is 4.98 Å². The van der Waals surface area contributed by atoms with Gasteiger partial charge in [0.05, 0.1) is 19.3 Å². The van der Waals surface area contributed by atoms with E-state index in [1.807, 2.05) is 12.1 Å². The van der Waals surface area contributed by atoms with Gasteiger partial charge in [0.2, 0.25) is 5.88 Å². The Morgan fingerprint density at radius 2 is 2.30 bits per heavy atom. The molecule has 0 aromatic carbocycles. The third kappa shape index (κ3) is 2.15. The predicted molar refractivity (Wildman–Crippen MR) is 77.6 cm³/mol. The monoisotopic (exact) mass is 295 g/mol. The molecule has 1 atom stereocenters. The number of ether oxygens (including phenoxy) is 2. The smallest absolute Gasteiger partial charge is 0.215 e. The lowest BCUT2D eigenvalue weighted by Crippen LogP contribution is -2.32. The summed E-state index contributed by atoms with van der Waals surface area (Å²) in [4.78, 5) is 9.24. The lowest BCUT2D eigenvalue weighted by Gasteiger charge is -2.26. The van der Waals surface area contributed by atoms with E-state index in [2.05, 4.69) is 21.5 Å². The van der Waals surface area contributed by atoms with Gasteiger partial charge < -0.3 is 14.0 Å². The number of rotatable bonds is 4. The molecular weight excluding hydrogens is 278 g/mol. The van der Waals surface area contributed by atoms with Gasteiger partial charge >= 0.3 is 0 Å². The Bertz CT molecular complexity index is 620. The van der Waals surface area contributed by atoms with Gasteiger partial charge in [0.25, 0.3) is 0 Å².